The third kappa shape index (κ3) is 3.52. The third-order valence-electron chi connectivity index (χ3n) is 10.1. The van der Waals surface area contributed by atoms with Crippen molar-refractivity contribution in [2.75, 3.05) is 0 Å². The van der Waals surface area contributed by atoms with Crippen molar-refractivity contribution < 1.29 is 22.3 Å². The number of hydrogen-bond donors (Lipinski definition) is 0. The number of thiophene rings is 4. The number of alkyl halides is 3. The van der Waals surface area contributed by atoms with E-state index in [0.717, 1.165) is 71.7 Å². The first-order chi connectivity index (χ1) is 25.1. The van der Waals surface area contributed by atoms with Gasteiger partial charge in [0.15, 0.2) is 0 Å². The molecule has 0 saturated carbocycles. The number of hydrogen-bond acceptors (Lipinski definition) is 8. The largest absolute Gasteiger partial charge is 0.425 e. The quantitative estimate of drug-likeness (QED) is 0.162. The van der Waals surface area contributed by atoms with Gasteiger partial charge in [0, 0.05) is 58.4 Å². The fourth-order valence-electron chi connectivity index (χ4n) is 8.03. The van der Waals surface area contributed by atoms with Crippen molar-refractivity contribution >= 4 is 91.5 Å². The van der Waals surface area contributed by atoms with E-state index in [-0.39, 0.29) is 0 Å². The maximum Gasteiger partial charge on any atom is 0.425 e. The van der Waals surface area contributed by atoms with Gasteiger partial charge in [-0.3, -0.25) is 0 Å². The van der Waals surface area contributed by atoms with Crippen LogP contribution in [-0.4, -0.2) is 41.6 Å². The molecule has 8 nitrogen and oxygen atoms in total. The lowest BCUT2D eigenvalue weighted by Crippen LogP contribution is -2.71. The highest BCUT2D eigenvalue weighted by Crippen LogP contribution is 2.53. The Morgan fingerprint density at radius 2 is 1.33 bits per heavy atom. The molecule has 0 bridgehead atoms. The number of rotatable bonds is 4. The molecule has 6 aromatic heterocycles. The van der Waals surface area contributed by atoms with Gasteiger partial charge in [-0.05, 0) is 69.3 Å². The van der Waals surface area contributed by atoms with Crippen LogP contribution in [0, 0.1) is 20.8 Å². The lowest BCUT2D eigenvalue weighted by molar-refractivity contribution is -0.790. The van der Waals surface area contributed by atoms with Crippen molar-refractivity contribution in [2.24, 2.45) is 20.0 Å². The van der Waals surface area contributed by atoms with Gasteiger partial charge in [-0.25, -0.2) is 0 Å². The average Bonchev–Trinajstić information content (AvgIpc) is 3.94. The summed E-state index contributed by atoms with van der Waals surface area (Å²) < 4.78 is 50.5. The van der Waals surface area contributed by atoms with Crippen molar-refractivity contribution in [3.8, 4) is 20.9 Å². The minimum Gasteiger partial charge on any atom is -0.193 e. The Hall–Kier alpha value is -5.09. The molecule has 1 atom stereocenters. The fraction of sp³-hybridized carbons (Fsp3) is 0.135. The molecule has 0 saturated heterocycles. The van der Waals surface area contributed by atoms with Crippen LogP contribution in [0.15, 0.2) is 92.8 Å². The molecule has 1 unspecified atom stereocenters. The normalized spacial score (nSPS) is 20.0. The predicted octanol–water partition coefficient (Wildman–Crippen LogP) is 8.30. The van der Waals surface area contributed by atoms with Gasteiger partial charge in [0.05, 0.1) is 22.3 Å². The number of halogens is 3. The Balaban J connectivity index is 1.24. The van der Waals surface area contributed by atoms with E-state index in [1.807, 2.05) is 6.08 Å². The van der Waals surface area contributed by atoms with Crippen molar-refractivity contribution in [3.05, 3.63) is 113 Å². The van der Waals surface area contributed by atoms with E-state index in [4.69, 9.17) is 20.0 Å². The zero-order chi connectivity index (χ0) is 35.0. The van der Waals surface area contributed by atoms with Crippen molar-refractivity contribution in [3.63, 3.8) is 0 Å². The Labute approximate surface area is 308 Å². The van der Waals surface area contributed by atoms with Gasteiger partial charge in [0.1, 0.15) is 4.88 Å². The molecule has 252 valence electrons. The summed E-state index contributed by atoms with van der Waals surface area (Å²) in [7, 11) is 0. The van der Waals surface area contributed by atoms with Crippen LogP contribution in [0.5, 0.6) is 0 Å². The summed E-state index contributed by atoms with van der Waals surface area (Å²) in [4.78, 5) is 27.9. The molecule has 12 rings (SSSR count). The van der Waals surface area contributed by atoms with Gasteiger partial charge in [-0.2, -0.15) is 22.3 Å². The van der Waals surface area contributed by atoms with Crippen LogP contribution in [-0.2, 0) is 12.1 Å². The highest BCUT2D eigenvalue weighted by molar-refractivity contribution is 7.16. The van der Waals surface area contributed by atoms with E-state index in [2.05, 4.69) is 93.7 Å². The number of aromatic nitrogens is 2. The summed E-state index contributed by atoms with van der Waals surface area (Å²) in [5.74, 6) is 2.78. The second-order valence-corrected chi connectivity index (χ2v) is 18.2. The summed E-state index contributed by atoms with van der Waals surface area (Å²) in [5, 5.41) is 0. The molecule has 0 N–H and O–H groups in total. The second-order valence-electron chi connectivity index (χ2n) is 13.2. The molecule has 0 fully saturated rings. The van der Waals surface area contributed by atoms with Crippen LogP contribution < -0.4 is 11.0 Å². The molecular weight excluding hydrogens is 742 g/mol. The number of aliphatic imine (C=N–C) groups is 2. The van der Waals surface area contributed by atoms with Gasteiger partial charge >= 0.3 is 12.1 Å². The Bertz CT molecular complexity index is 3050. The number of aryl methyl sites for hydroxylation is 3. The van der Waals surface area contributed by atoms with E-state index in [9.17, 15) is 13.2 Å². The highest BCUT2D eigenvalue weighted by Gasteiger charge is 2.68. The number of nitrogens with zero attached hydrogens (tertiary/aromatic N) is 8. The van der Waals surface area contributed by atoms with Crippen molar-refractivity contribution in [2.45, 2.75) is 32.9 Å². The third-order valence-corrected chi connectivity index (χ3v) is 14.3. The first kappa shape index (κ1) is 29.5. The van der Waals surface area contributed by atoms with Crippen LogP contribution >= 0.6 is 45.3 Å². The Kier molecular flexibility index (Phi) is 5.37. The highest BCUT2D eigenvalue weighted by atomic mass is 32.1. The smallest absolute Gasteiger partial charge is 0.193 e. The zero-order valence-electron chi connectivity index (χ0n) is 27.3. The fourth-order valence-corrected chi connectivity index (χ4v) is 11.6. The van der Waals surface area contributed by atoms with E-state index >= 15 is 0 Å². The molecule has 6 aromatic rings. The molecule has 0 radical (unpaired) electrons. The van der Waals surface area contributed by atoms with Gasteiger partial charge in [-0.1, -0.05) is 20.0 Å². The van der Waals surface area contributed by atoms with Crippen molar-refractivity contribution in [1.29, 1.82) is 0 Å². The van der Waals surface area contributed by atoms with E-state index in [0.29, 0.717) is 33.4 Å². The standard InChI is InChI=1S/C37H21F3N8S4/c1-16-4-7-23(49-16)19-12-28-42-33-21(25-9-6-18(3)51-25)14-30-44-35-22(26-10-11-27(52-26)36(38,39)40)15-31-43-34-20(24-8-5-17(2)50-24)13-29-41-32(19)45(28)37(46(29)34,47(30)33)48(31)35/h4-15H,1-3H3/q+2. The minimum absolute atomic E-state index is 0.469. The number of amidine groups is 4. The summed E-state index contributed by atoms with van der Waals surface area (Å²) >= 11 is 5.80. The molecule has 6 aliphatic rings. The predicted molar refractivity (Wildman–Crippen MR) is 200 cm³/mol. The lowest BCUT2D eigenvalue weighted by atomic mass is 10.2. The van der Waals surface area contributed by atoms with E-state index in [1.54, 1.807) is 40.1 Å². The zero-order valence-corrected chi connectivity index (χ0v) is 30.5. The van der Waals surface area contributed by atoms with Crippen LogP contribution in [0.3, 0.4) is 0 Å². The van der Waals surface area contributed by atoms with Crippen LogP contribution in [0.4, 0.5) is 24.8 Å². The second kappa shape index (κ2) is 9.46. The maximum atomic E-state index is 14.0. The lowest BCUT2D eigenvalue weighted by Gasteiger charge is -2.40. The summed E-state index contributed by atoms with van der Waals surface area (Å²) in [6.45, 7) is 6.26. The first-order valence-corrected chi connectivity index (χ1v) is 19.6. The minimum atomic E-state index is -4.46. The van der Waals surface area contributed by atoms with Gasteiger partial charge in [-0.15, -0.1) is 54.5 Å². The van der Waals surface area contributed by atoms with Crippen LogP contribution in [0.2, 0.25) is 0 Å². The van der Waals surface area contributed by atoms with Crippen molar-refractivity contribution in [1.82, 2.24) is 9.13 Å². The van der Waals surface area contributed by atoms with Gasteiger partial charge in [0.2, 0.25) is 22.6 Å². The molecule has 0 amide bonds. The molecule has 15 heteroatoms. The summed E-state index contributed by atoms with van der Waals surface area (Å²) in [6.07, 6.45) is -0.456. The molecule has 6 aliphatic heterocycles. The molecule has 0 aliphatic carbocycles. The molecule has 1 spiro atoms. The monoisotopic (exact) mass is 762 g/mol. The maximum absolute atomic E-state index is 14.0. The SMILES string of the molecule is Cc1ccc(C2=CC3=Nc4c(-c5ccc(C)s5)cc5n4C46n7c(cc(-c8ccc(C)s8)c7=NC7=[N+]4C(=N5)C(c4ccc(C(F)(F)F)s4)=C7)=NC2=[N+]36)s1. The van der Waals surface area contributed by atoms with Crippen LogP contribution in [0.1, 0.15) is 29.3 Å². The topological polar surface area (TPSA) is 65.3 Å². The molecular formula is C37H21F3N8S4+2. The molecule has 12 heterocycles. The van der Waals surface area contributed by atoms with E-state index < -0.39 is 17.0 Å². The molecule has 0 aromatic carbocycles. The van der Waals surface area contributed by atoms with Gasteiger partial charge in [0.25, 0.3) is 23.3 Å². The van der Waals surface area contributed by atoms with E-state index in [1.165, 1.54) is 14.6 Å². The Morgan fingerprint density at radius 3 is 2.00 bits per heavy atom. The summed E-state index contributed by atoms with van der Waals surface area (Å²) in [5.41, 5.74) is 4.86. The molecule has 52 heavy (non-hydrogen) atoms. The van der Waals surface area contributed by atoms with Gasteiger partial charge < -0.3 is 0 Å². The Morgan fingerprint density at radius 1 is 0.654 bits per heavy atom. The van der Waals surface area contributed by atoms with Crippen LogP contribution in [0.25, 0.3) is 32.0 Å². The summed E-state index contributed by atoms with van der Waals surface area (Å²) in [6, 6.07) is 19.5. The average molecular weight is 763 g/mol. The first-order valence-electron chi connectivity index (χ1n) is 16.4.